The molecule has 0 aliphatic carbocycles. The zero-order chi connectivity index (χ0) is 18.2. The Morgan fingerprint density at radius 2 is 1.23 bits per heavy atom. The van der Waals surface area contributed by atoms with E-state index < -0.39 is 42.3 Å². The molecule has 0 unspecified atom stereocenters. The van der Waals surface area contributed by atoms with E-state index in [2.05, 4.69) is 8.62 Å². The summed E-state index contributed by atoms with van der Waals surface area (Å²) in [4.78, 5) is 49.9. The first-order valence-corrected chi connectivity index (χ1v) is 9.46. The fourth-order valence-electron chi connectivity index (χ4n) is 0.661. The van der Waals surface area contributed by atoms with Gasteiger partial charge >= 0.3 is 23.5 Å². The van der Waals surface area contributed by atoms with Crippen LogP contribution < -0.4 is 0 Å². The zero-order valence-corrected chi connectivity index (χ0v) is 13.2. The maximum absolute atomic E-state index is 10.4. The van der Waals surface area contributed by atoms with E-state index in [9.17, 15) is 18.5 Å². The zero-order valence-electron chi connectivity index (χ0n) is 10.5. The van der Waals surface area contributed by atoms with Gasteiger partial charge in [0.25, 0.3) is 0 Å². The maximum Gasteiger partial charge on any atom is 0.490 e. The normalized spacial score (nSPS) is 15.5. The lowest BCUT2D eigenvalue weighted by atomic mass is 10.2. The van der Waals surface area contributed by atoms with E-state index in [0.717, 1.165) is 0 Å². The summed E-state index contributed by atoms with van der Waals surface area (Å²) in [5, 5.41) is 25.5. The van der Waals surface area contributed by atoms with E-state index in [1.807, 2.05) is 0 Å². The van der Waals surface area contributed by atoms with Gasteiger partial charge in [0.15, 0.2) is 0 Å². The number of rotatable bonds is 8. The Morgan fingerprint density at radius 3 is 1.45 bits per heavy atom. The van der Waals surface area contributed by atoms with Gasteiger partial charge in [-0.1, -0.05) is 0 Å². The minimum absolute atomic E-state index is 0.137. The third kappa shape index (κ3) is 16.3. The molecule has 17 heteroatoms. The number of aliphatic hydroxyl groups is 3. The average molecular weight is 392 g/mol. The lowest BCUT2D eigenvalue weighted by Gasteiger charge is -2.11. The standard InChI is InChI=1S/C5H10O4.H5O10P3/c6-2-1-4(8)5(9)3-7;1-11(2,3)9-13(7,8)10-12(4,5)6/h2,4-5,7-9H,1,3H2;(H,7,8)(H2,1,2,3)(H2,4,5,6)/t4-,5+;/m0./s1. The summed E-state index contributed by atoms with van der Waals surface area (Å²) in [5.74, 6) is 0. The van der Waals surface area contributed by atoms with Crippen LogP contribution in [-0.2, 0) is 27.1 Å². The molecule has 0 rings (SSSR count). The summed E-state index contributed by atoms with van der Waals surface area (Å²) >= 11 is 0. The molecule has 0 aliphatic rings. The lowest BCUT2D eigenvalue weighted by molar-refractivity contribution is -0.111. The summed E-state index contributed by atoms with van der Waals surface area (Å²) in [6.07, 6.45) is -1.98. The van der Waals surface area contributed by atoms with Crippen LogP contribution in [0.3, 0.4) is 0 Å². The van der Waals surface area contributed by atoms with Crippen molar-refractivity contribution in [3.05, 3.63) is 0 Å². The minimum atomic E-state index is -5.46. The van der Waals surface area contributed by atoms with Crippen molar-refractivity contribution < 1.29 is 66.9 Å². The number of hydrogen-bond donors (Lipinski definition) is 8. The van der Waals surface area contributed by atoms with Crippen molar-refractivity contribution in [1.29, 1.82) is 0 Å². The van der Waals surface area contributed by atoms with E-state index in [4.69, 9.17) is 39.8 Å². The second-order valence-corrected chi connectivity index (χ2v) is 7.54. The third-order valence-corrected chi connectivity index (χ3v) is 4.74. The Labute approximate surface area is 123 Å². The van der Waals surface area contributed by atoms with Gasteiger partial charge in [-0.2, -0.15) is 8.62 Å². The van der Waals surface area contributed by atoms with E-state index in [-0.39, 0.29) is 6.42 Å². The molecule has 0 aromatic heterocycles. The van der Waals surface area contributed by atoms with Crippen molar-refractivity contribution in [2.45, 2.75) is 18.6 Å². The minimum Gasteiger partial charge on any atom is -0.394 e. The molecule has 8 N–H and O–H groups in total. The Balaban J connectivity index is 0. The molecule has 134 valence electrons. The van der Waals surface area contributed by atoms with Gasteiger partial charge in [0, 0.05) is 6.42 Å². The van der Waals surface area contributed by atoms with Crippen LogP contribution in [0.2, 0.25) is 0 Å². The van der Waals surface area contributed by atoms with Crippen LogP contribution in [0.15, 0.2) is 0 Å². The molecule has 0 amide bonds. The van der Waals surface area contributed by atoms with Crippen molar-refractivity contribution in [2.24, 2.45) is 0 Å². The van der Waals surface area contributed by atoms with Crippen LogP contribution in [0, 0.1) is 0 Å². The molecule has 0 saturated carbocycles. The Bertz CT molecular complexity index is 435. The summed E-state index contributed by atoms with van der Waals surface area (Å²) in [7, 11) is -16.2. The number of carbonyl (C=O) groups excluding carboxylic acids is 1. The van der Waals surface area contributed by atoms with Crippen LogP contribution in [0.4, 0.5) is 0 Å². The third-order valence-electron chi connectivity index (χ3n) is 1.39. The molecule has 22 heavy (non-hydrogen) atoms. The first-order valence-electron chi connectivity index (χ1n) is 4.90. The quantitative estimate of drug-likeness (QED) is 0.158. The SMILES string of the molecule is O=CC[C@H](O)[C@H](O)CO.O=P(O)(O)OP(=O)(O)OP(=O)(O)O. The van der Waals surface area contributed by atoms with Crippen molar-refractivity contribution in [1.82, 2.24) is 0 Å². The van der Waals surface area contributed by atoms with Crippen molar-refractivity contribution in [2.75, 3.05) is 6.61 Å². The highest BCUT2D eigenvalue weighted by Gasteiger charge is 2.38. The van der Waals surface area contributed by atoms with Gasteiger partial charge in [-0.05, 0) is 0 Å². The van der Waals surface area contributed by atoms with Gasteiger partial charge in [0.05, 0.1) is 12.7 Å². The van der Waals surface area contributed by atoms with Crippen LogP contribution >= 0.6 is 23.5 Å². The number of aliphatic hydroxyl groups excluding tert-OH is 3. The van der Waals surface area contributed by atoms with Crippen LogP contribution in [0.25, 0.3) is 0 Å². The highest BCUT2D eigenvalue weighted by atomic mass is 31.3. The predicted octanol–water partition coefficient (Wildman–Crippen LogP) is -2.41. The van der Waals surface area contributed by atoms with Crippen LogP contribution in [0.1, 0.15) is 6.42 Å². The van der Waals surface area contributed by atoms with Gasteiger partial charge < -0.3 is 44.6 Å². The Hall–Kier alpha value is -0.0400. The smallest absolute Gasteiger partial charge is 0.394 e. The van der Waals surface area contributed by atoms with E-state index in [0.29, 0.717) is 6.29 Å². The van der Waals surface area contributed by atoms with Crippen molar-refractivity contribution >= 4 is 29.8 Å². The van der Waals surface area contributed by atoms with Gasteiger partial charge in [-0.15, -0.1) is 0 Å². The molecule has 0 saturated heterocycles. The van der Waals surface area contributed by atoms with Crippen molar-refractivity contribution in [3.63, 3.8) is 0 Å². The van der Waals surface area contributed by atoms with Gasteiger partial charge in [0.2, 0.25) is 0 Å². The first-order chi connectivity index (χ1) is 9.63. The molecule has 2 atom stereocenters. The van der Waals surface area contributed by atoms with Gasteiger partial charge in [-0.3, -0.25) is 0 Å². The fraction of sp³-hybridized carbons (Fsp3) is 0.800. The Kier molecular flexibility index (Phi) is 11.0. The monoisotopic (exact) mass is 392 g/mol. The molecule has 0 spiro atoms. The maximum atomic E-state index is 10.4. The first kappa shape index (κ1) is 24.2. The van der Waals surface area contributed by atoms with Crippen molar-refractivity contribution in [3.8, 4) is 0 Å². The van der Waals surface area contributed by atoms with Crippen LogP contribution in [0.5, 0.6) is 0 Å². The highest BCUT2D eigenvalue weighted by molar-refractivity contribution is 7.66. The van der Waals surface area contributed by atoms with E-state index >= 15 is 0 Å². The summed E-state index contributed by atoms with van der Waals surface area (Å²) in [6.45, 7) is -0.519. The molecule has 0 heterocycles. The summed E-state index contributed by atoms with van der Waals surface area (Å²) in [6, 6.07) is 0. The molecule has 0 aromatic rings. The van der Waals surface area contributed by atoms with Gasteiger partial charge in [-0.25, -0.2) is 13.7 Å². The topological polar surface area (TPSA) is 249 Å². The number of phosphoric acid groups is 3. The molecular weight excluding hydrogens is 377 g/mol. The second kappa shape index (κ2) is 9.96. The highest BCUT2D eigenvalue weighted by Crippen LogP contribution is 2.64. The molecule has 0 fully saturated rings. The number of hydrogen-bond acceptors (Lipinski definition) is 9. The lowest BCUT2D eigenvalue weighted by Crippen LogP contribution is -2.29. The fourth-order valence-corrected chi connectivity index (χ4v) is 3.20. The second-order valence-electron chi connectivity index (χ2n) is 3.33. The molecule has 0 aliphatic heterocycles. The molecular formula is C5H15O14P3. The molecule has 14 nitrogen and oxygen atoms in total. The number of aldehydes is 1. The predicted molar refractivity (Wildman–Crippen MR) is 65.9 cm³/mol. The van der Waals surface area contributed by atoms with Gasteiger partial charge in [0.1, 0.15) is 12.4 Å². The summed E-state index contributed by atoms with van der Waals surface area (Å²) in [5.41, 5.74) is 0. The average Bonchev–Trinajstić information content (AvgIpc) is 2.22. The molecule has 0 bridgehead atoms. The molecule has 0 aromatic carbocycles. The Morgan fingerprint density at radius 1 is 0.864 bits per heavy atom. The largest absolute Gasteiger partial charge is 0.490 e. The number of carbonyl (C=O) groups is 1. The van der Waals surface area contributed by atoms with E-state index in [1.165, 1.54) is 0 Å². The molecule has 0 radical (unpaired) electrons. The van der Waals surface area contributed by atoms with Crippen LogP contribution in [-0.4, -0.2) is 64.9 Å². The summed E-state index contributed by atoms with van der Waals surface area (Å²) < 4.78 is 36.4. The van der Waals surface area contributed by atoms with E-state index in [1.54, 1.807) is 0 Å².